The molecule has 1 amide bonds. The van der Waals surface area contributed by atoms with Gasteiger partial charge in [0, 0.05) is 35.3 Å². The first-order valence-corrected chi connectivity index (χ1v) is 7.49. The van der Waals surface area contributed by atoms with Crippen molar-refractivity contribution in [1.82, 2.24) is 9.99 Å². The van der Waals surface area contributed by atoms with Crippen LogP contribution in [0.25, 0.3) is 10.9 Å². The van der Waals surface area contributed by atoms with Crippen LogP contribution < -0.4 is 14.9 Å². The molecular weight excluding hydrogens is 306 g/mol. The zero-order valence-electron chi connectivity index (χ0n) is 13.0. The lowest BCUT2D eigenvalue weighted by Crippen LogP contribution is -2.17. The summed E-state index contributed by atoms with van der Waals surface area (Å²) in [4.78, 5) is 12.2. The van der Waals surface area contributed by atoms with E-state index in [1.165, 1.54) is 0 Å². The first kappa shape index (κ1) is 14.3. The molecule has 0 atom stereocenters. The molecule has 6 nitrogen and oxygen atoms in total. The van der Waals surface area contributed by atoms with Crippen LogP contribution in [0.5, 0.6) is 11.5 Å². The Morgan fingerprint density at radius 2 is 2.04 bits per heavy atom. The van der Waals surface area contributed by atoms with Crippen molar-refractivity contribution in [1.29, 1.82) is 0 Å². The monoisotopic (exact) mass is 321 g/mol. The first-order valence-electron chi connectivity index (χ1n) is 7.49. The molecule has 1 aromatic heterocycles. The van der Waals surface area contributed by atoms with E-state index >= 15 is 0 Å². The van der Waals surface area contributed by atoms with Gasteiger partial charge in [-0.15, -0.1) is 0 Å². The summed E-state index contributed by atoms with van der Waals surface area (Å²) in [7, 11) is 1.98. The molecule has 1 N–H and O–H groups in total. The van der Waals surface area contributed by atoms with E-state index in [4.69, 9.17) is 9.47 Å². The molecule has 120 valence electrons. The molecule has 4 rings (SSSR count). The van der Waals surface area contributed by atoms with Gasteiger partial charge >= 0.3 is 0 Å². The van der Waals surface area contributed by atoms with Gasteiger partial charge in [-0.05, 0) is 24.3 Å². The Morgan fingerprint density at radius 1 is 1.21 bits per heavy atom. The molecule has 0 fully saturated rings. The van der Waals surface area contributed by atoms with Gasteiger partial charge in [0.1, 0.15) is 0 Å². The highest BCUT2D eigenvalue weighted by Gasteiger charge is 2.15. The second-order valence-electron chi connectivity index (χ2n) is 5.48. The molecule has 0 radical (unpaired) electrons. The summed E-state index contributed by atoms with van der Waals surface area (Å²) in [5, 5.41) is 5.15. The van der Waals surface area contributed by atoms with E-state index in [1.54, 1.807) is 24.4 Å². The Labute approximate surface area is 138 Å². The largest absolute Gasteiger partial charge is 0.454 e. The van der Waals surface area contributed by atoms with Crippen molar-refractivity contribution in [2.45, 2.75) is 0 Å². The average molecular weight is 321 g/mol. The number of aryl methyl sites for hydroxylation is 1. The van der Waals surface area contributed by atoms with Crippen LogP contribution in [0.2, 0.25) is 0 Å². The summed E-state index contributed by atoms with van der Waals surface area (Å²) in [6, 6.07) is 13.1. The van der Waals surface area contributed by atoms with Crippen molar-refractivity contribution < 1.29 is 14.3 Å². The summed E-state index contributed by atoms with van der Waals surface area (Å²) in [6.45, 7) is 0.180. The molecule has 2 heterocycles. The zero-order valence-corrected chi connectivity index (χ0v) is 13.0. The van der Waals surface area contributed by atoms with Gasteiger partial charge in [0.2, 0.25) is 6.79 Å². The fraction of sp³-hybridized carbons (Fsp3) is 0.111. The van der Waals surface area contributed by atoms with Gasteiger partial charge in [0.15, 0.2) is 11.5 Å². The highest BCUT2D eigenvalue weighted by atomic mass is 16.7. The fourth-order valence-corrected chi connectivity index (χ4v) is 2.74. The molecule has 0 saturated carbocycles. The van der Waals surface area contributed by atoms with Crippen LogP contribution in [0.15, 0.2) is 53.8 Å². The summed E-state index contributed by atoms with van der Waals surface area (Å²) >= 11 is 0. The summed E-state index contributed by atoms with van der Waals surface area (Å²) < 4.78 is 12.5. The number of carbonyl (C=O) groups excluding carboxylic acids is 1. The minimum absolute atomic E-state index is 0.180. The van der Waals surface area contributed by atoms with Gasteiger partial charge in [-0.3, -0.25) is 4.79 Å². The molecule has 0 bridgehead atoms. The van der Waals surface area contributed by atoms with Gasteiger partial charge in [-0.1, -0.05) is 18.2 Å². The lowest BCUT2D eigenvalue weighted by molar-refractivity contribution is 0.0954. The third-order valence-corrected chi connectivity index (χ3v) is 3.93. The van der Waals surface area contributed by atoms with Gasteiger partial charge in [-0.2, -0.15) is 5.10 Å². The van der Waals surface area contributed by atoms with Crippen LogP contribution in [0, 0.1) is 0 Å². The van der Waals surface area contributed by atoms with Crippen LogP contribution in [0.1, 0.15) is 15.9 Å². The van der Waals surface area contributed by atoms with Crippen molar-refractivity contribution in [2.24, 2.45) is 12.1 Å². The van der Waals surface area contributed by atoms with Crippen molar-refractivity contribution in [3.8, 4) is 11.5 Å². The second kappa shape index (κ2) is 5.73. The number of hydrogen-bond donors (Lipinski definition) is 1. The van der Waals surface area contributed by atoms with E-state index in [1.807, 2.05) is 42.1 Å². The maximum atomic E-state index is 12.2. The first-order chi connectivity index (χ1) is 11.7. The van der Waals surface area contributed by atoms with Gasteiger partial charge in [-0.25, -0.2) is 5.43 Å². The van der Waals surface area contributed by atoms with Crippen LogP contribution >= 0.6 is 0 Å². The molecule has 0 saturated heterocycles. The summed E-state index contributed by atoms with van der Waals surface area (Å²) in [5.74, 6) is 0.913. The van der Waals surface area contributed by atoms with E-state index in [-0.39, 0.29) is 12.7 Å². The molecule has 0 unspecified atom stereocenters. The number of nitrogens with zero attached hydrogens (tertiary/aromatic N) is 2. The topological polar surface area (TPSA) is 64.9 Å². The molecule has 0 spiro atoms. The summed E-state index contributed by atoms with van der Waals surface area (Å²) in [5.41, 5.74) is 5.06. The Kier molecular flexibility index (Phi) is 3.42. The molecule has 1 aliphatic rings. The minimum atomic E-state index is -0.301. The number of rotatable bonds is 3. The number of ether oxygens (including phenoxy) is 2. The number of nitrogens with one attached hydrogen (secondary N) is 1. The molecule has 24 heavy (non-hydrogen) atoms. The minimum Gasteiger partial charge on any atom is -0.454 e. The fourth-order valence-electron chi connectivity index (χ4n) is 2.74. The van der Waals surface area contributed by atoms with E-state index in [0.717, 1.165) is 16.5 Å². The van der Waals surface area contributed by atoms with Crippen molar-refractivity contribution in [3.05, 3.63) is 59.8 Å². The Hall–Kier alpha value is -3.28. The molecule has 0 aliphatic carbocycles. The number of amides is 1. The van der Waals surface area contributed by atoms with Gasteiger partial charge in [0.05, 0.1) is 6.21 Å². The lowest BCUT2D eigenvalue weighted by atomic mass is 10.2. The van der Waals surface area contributed by atoms with E-state index < -0.39 is 0 Å². The highest BCUT2D eigenvalue weighted by molar-refractivity contribution is 6.00. The Bertz CT molecular complexity index is 959. The number of hydrogen-bond acceptors (Lipinski definition) is 4. The van der Waals surface area contributed by atoms with Crippen LogP contribution in [0.4, 0.5) is 0 Å². The molecule has 2 aromatic carbocycles. The summed E-state index contributed by atoms with van der Waals surface area (Å²) in [6.07, 6.45) is 3.62. The third-order valence-electron chi connectivity index (χ3n) is 3.93. The smallest absolute Gasteiger partial charge is 0.271 e. The maximum absolute atomic E-state index is 12.2. The Morgan fingerprint density at radius 3 is 2.96 bits per heavy atom. The lowest BCUT2D eigenvalue weighted by Gasteiger charge is -2.01. The normalized spacial score (nSPS) is 12.9. The third kappa shape index (κ3) is 2.48. The molecule has 3 aromatic rings. The van der Waals surface area contributed by atoms with E-state index in [9.17, 15) is 4.79 Å². The van der Waals surface area contributed by atoms with Crippen molar-refractivity contribution >= 4 is 23.0 Å². The van der Waals surface area contributed by atoms with Gasteiger partial charge < -0.3 is 14.0 Å². The average Bonchev–Trinajstić information content (AvgIpc) is 3.19. The number of hydrazone groups is 1. The molecule has 1 aliphatic heterocycles. The predicted molar refractivity (Wildman–Crippen MR) is 90.5 cm³/mol. The molecule has 6 heteroatoms. The number of carbonyl (C=O) groups is 1. The van der Waals surface area contributed by atoms with Crippen LogP contribution in [-0.2, 0) is 7.05 Å². The van der Waals surface area contributed by atoms with Crippen LogP contribution in [0.3, 0.4) is 0 Å². The van der Waals surface area contributed by atoms with Crippen molar-refractivity contribution in [3.63, 3.8) is 0 Å². The highest BCUT2D eigenvalue weighted by Crippen LogP contribution is 2.32. The Balaban J connectivity index is 1.51. The predicted octanol–water partition coefficient (Wildman–Crippen LogP) is 2.67. The van der Waals surface area contributed by atoms with E-state index in [2.05, 4.69) is 10.5 Å². The maximum Gasteiger partial charge on any atom is 0.271 e. The number of fused-ring (bicyclic) bond motifs is 2. The second-order valence-corrected chi connectivity index (χ2v) is 5.48. The standard InChI is InChI=1S/C18H15N3O3/c1-21-10-13(14-4-2-3-5-15(14)21)9-19-20-18(22)12-6-7-16-17(8-12)24-11-23-16/h2-10H,11H2,1H3,(H,20,22). The SMILES string of the molecule is Cn1cc(C=NNC(=O)c2ccc3c(c2)OCO3)c2ccccc21. The number of para-hydroxylation sites is 1. The van der Waals surface area contributed by atoms with Crippen molar-refractivity contribution in [2.75, 3.05) is 6.79 Å². The quantitative estimate of drug-likeness (QED) is 0.596. The van der Waals surface area contributed by atoms with Gasteiger partial charge in [0.25, 0.3) is 5.91 Å². The number of aromatic nitrogens is 1. The van der Waals surface area contributed by atoms with E-state index in [0.29, 0.717) is 17.1 Å². The zero-order chi connectivity index (χ0) is 16.5. The van der Waals surface area contributed by atoms with Crippen LogP contribution in [-0.4, -0.2) is 23.5 Å². The number of benzene rings is 2. The molecular formula is C18H15N3O3.